The van der Waals surface area contributed by atoms with Gasteiger partial charge in [-0.05, 0) is 12.1 Å². The Morgan fingerprint density at radius 1 is 1.22 bits per heavy atom. The van der Waals surface area contributed by atoms with Gasteiger partial charge in [0.15, 0.2) is 0 Å². The second kappa shape index (κ2) is 9.27. The minimum Gasteiger partial charge on any atom is -0.336 e. The van der Waals surface area contributed by atoms with E-state index in [4.69, 9.17) is 0 Å². The maximum atomic E-state index is 13.1. The number of imidazole rings is 1. The Labute approximate surface area is 173 Å². The largest absolute Gasteiger partial charge is 0.336 e. The number of thiazole rings is 1. The molecule has 4 rings (SSSR count). The number of carbonyl (C=O) groups excluding carboxylic acids is 1. The van der Waals surface area contributed by atoms with E-state index in [9.17, 15) is 4.79 Å². The van der Waals surface area contributed by atoms with Crippen LogP contribution in [-0.4, -0.2) is 50.0 Å². The van der Waals surface area contributed by atoms with Gasteiger partial charge in [0.1, 0.15) is 21.8 Å². The Balaban J connectivity index is 0.00000131. The van der Waals surface area contributed by atoms with Crippen LogP contribution < -0.4 is 5.32 Å². The first-order valence-corrected chi connectivity index (χ1v) is 8.92. The molecule has 27 heavy (non-hydrogen) atoms. The van der Waals surface area contributed by atoms with Crippen LogP contribution in [0, 0.1) is 0 Å². The molecule has 4 heterocycles. The summed E-state index contributed by atoms with van der Waals surface area (Å²) in [6.07, 6.45) is 7.04. The maximum Gasteiger partial charge on any atom is 0.266 e. The van der Waals surface area contributed by atoms with E-state index in [2.05, 4.69) is 20.3 Å². The predicted molar refractivity (Wildman–Crippen MR) is 110 cm³/mol. The molecule has 3 aromatic heterocycles. The Kier molecular flexibility index (Phi) is 7.32. The smallest absolute Gasteiger partial charge is 0.266 e. The molecule has 1 aliphatic heterocycles. The van der Waals surface area contributed by atoms with Gasteiger partial charge < -0.3 is 14.8 Å². The van der Waals surface area contributed by atoms with Crippen LogP contribution in [0.2, 0.25) is 0 Å². The zero-order chi connectivity index (χ0) is 17.2. The molecule has 1 N–H and O–H groups in total. The van der Waals surface area contributed by atoms with Crippen molar-refractivity contribution in [3.8, 4) is 10.7 Å². The van der Waals surface area contributed by atoms with Gasteiger partial charge in [0.25, 0.3) is 5.91 Å². The number of hydrogen-bond acceptors (Lipinski definition) is 6. The van der Waals surface area contributed by atoms with Crippen LogP contribution in [0.15, 0.2) is 43.0 Å². The summed E-state index contributed by atoms with van der Waals surface area (Å²) in [5.41, 5.74) is 0.785. The highest BCUT2D eigenvalue weighted by Gasteiger charge is 2.32. The Bertz CT molecular complexity index is 884. The number of carbonyl (C=O) groups is 1. The highest BCUT2D eigenvalue weighted by molar-refractivity contribution is 7.16. The van der Waals surface area contributed by atoms with Crippen LogP contribution in [0.3, 0.4) is 0 Å². The average Bonchev–Trinajstić information content (AvgIpc) is 3.31. The maximum absolute atomic E-state index is 13.1. The number of piperazine rings is 1. The molecule has 10 heteroatoms. The molecule has 144 valence electrons. The summed E-state index contributed by atoms with van der Waals surface area (Å²) in [7, 11) is 1.95. The number of pyridine rings is 1. The predicted octanol–water partition coefficient (Wildman–Crippen LogP) is 2.57. The third-order valence-electron chi connectivity index (χ3n) is 4.26. The summed E-state index contributed by atoms with van der Waals surface area (Å²) >= 11 is 1.38. The number of nitrogens with one attached hydrogen (secondary N) is 1. The molecule has 0 aliphatic carbocycles. The van der Waals surface area contributed by atoms with Crippen molar-refractivity contribution in [2.45, 2.75) is 6.04 Å². The molecule has 0 bridgehead atoms. The normalized spacial score (nSPS) is 16.3. The van der Waals surface area contributed by atoms with Crippen molar-refractivity contribution >= 4 is 42.1 Å². The molecule has 1 amide bonds. The number of aromatic nitrogens is 4. The molecule has 1 aliphatic rings. The standard InChI is InChI=1S/C17H18N6OS.2ClH/c1-22-8-7-20-15(22)13-10-18-6-9-23(13)17(24)14-11-21-16(25-14)12-4-2-3-5-19-12;;/h2-5,7-8,11,13,18H,6,9-10H2,1H3;2*1H. The topological polar surface area (TPSA) is 75.9 Å². The van der Waals surface area contributed by atoms with Crippen molar-refractivity contribution in [2.24, 2.45) is 7.05 Å². The van der Waals surface area contributed by atoms with E-state index in [-0.39, 0.29) is 36.8 Å². The summed E-state index contributed by atoms with van der Waals surface area (Å²) in [4.78, 5) is 28.7. The highest BCUT2D eigenvalue weighted by atomic mass is 35.5. The monoisotopic (exact) mass is 426 g/mol. The molecule has 1 fully saturated rings. The lowest BCUT2D eigenvalue weighted by Crippen LogP contribution is -2.49. The molecule has 1 unspecified atom stereocenters. The van der Waals surface area contributed by atoms with Gasteiger partial charge in [-0.1, -0.05) is 6.07 Å². The van der Waals surface area contributed by atoms with E-state index in [1.165, 1.54) is 11.3 Å². The van der Waals surface area contributed by atoms with Crippen molar-refractivity contribution in [2.75, 3.05) is 19.6 Å². The number of nitrogens with zero attached hydrogens (tertiary/aromatic N) is 5. The minimum absolute atomic E-state index is 0. The van der Waals surface area contributed by atoms with Crippen molar-refractivity contribution in [3.63, 3.8) is 0 Å². The van der Waals surface area contributed by atoms with Gasteiger partial charge in [-0.15, -0.1) is 36.2 Å². The lowest BCUT2D eigenvalue weighted by molar-refractivity contribution is 0.0625. The van der Waals surface area contributed by atoms with Gasteiger partial charge in [-0.3, -0.25) is 9.78 Å². The number of halogens is 2. The zero-order valence-electron chi connectivity index (χ0n) is 14.6. The van der Waals surface area contributed by atoms with E-state index < -0.39 is 0 Å². The quantitative estimate of drug-likeness (QED) is 0.696. The molecular weight excluding hydrogens is 407 g/mol. The van der Waals surface area contributed by atoms with Crippen LogP contribution >= 0.6 is 36.2 Å². The van der Waals surface area contributed by atoms with Crippen LogP contribution in [-0.2, 0) is 7.05 Å². The SMILES string of the molecule is Cl.Cl.Cn1ccnc1C1CNCCN1C(=O)c1cnc(-c2ccccn2)s1. The lowest BCUT2D eigenvalue weighted by atomic mass is 10.1. The average molecular weight is 427 g/mol. The van der Waals surface area contributed by atoms with Gasteiger partial charge in [0.05, 0.1) is 11.9 Å². The number of aryl methyl sites for hydroxylation is 1. The fourth-order valence-corrected chi connectivity index (χ4v) is 3.85. The fraction of sp³-hybridized carbons (Fsp3) is 0.294. The molecule has 0 aromatic carbocycles. The van der Waals surface area contributed by atoms with Crippen molar-refractivity contribution < 1.29 is 4.79 Å². The molecule has 7 nitrogen and oxygen atoms in total. The molecule has 0 radical (unpaired) electrons. The van der Waals surface area contributed by atoms with Gasteiger partial charge in [0.2, 0.25) is 0 Å². The fourth-order valence-electron chi connectivity index (χ4n) is 3.00. The van der Waals surface area contributed by atoms with E-state index in [0.717, 1.165) is 23.1 Å². The van der Waals surface area contributed by atoms with E-state index in [1.807, 2.05) is 40.9 Å². The van der Waals surface area contributed by atoms with Gasteiger partial charge in [-0.2, -0.15) is 0 Å². The Morgan fingerprint density at radius 3 is 2.78 bits per heavy atom. The second-order valence-electron chi connectivity index (χ2n) is 5.86. The summed E-state index contributed by atoms with van der Waals surface area (Å²) in [5.74, 6) is 0.879. The van der Waals surface area contributed by atoms with Crippen LogP contribution in [0.25, 0.3) is 10.7 Å². The number of hydrogen-bond donors (Lipinski definition) is 1. The van der Waals surface area contributed by atoms with Crippen molar-refractivity contribution in [1.82, 2.24) is 29.7 Å². The third-order valence-corrected chi connectivity index (χ3v) is 5.27. The molecule has 1 atom stereocenters. The van der Waals surface area contributed by atoms with Crippen LogP contribution in [0.1, 0.15) is 21.5 Å². The highest BCUT2D eigenvalue weighted by Crippen LogP contribution is 2.28. The molecule has 3 aromatic rings. The first-order chi connectivity index (χ1) is 12.2. The minimum atomic E-state index is -0.0818. The first kappa shape index (κ1) is 21.3. The molecular formula is C17H20Cl2N6OS. The van der Waals surface area contributed by atoms with E-state index >= 15 is 0 Å². The van der Waals surface area contributed by atoms with Crippen LogP contribution in [0.5, 0.6) is 0 Å². The summed E-state index contributed by atoms with van der Waals surface area (Å²) in [6.45, 7) is 2.12. The summed E-state index contributed by atoms with van der Waals surface area (Å²) in [6, 6.07) is 5.59. The second-order valence-corrected chi connectivity index (χ2v) is 6.89. The molecule has 0 spiro atoms. The van der Waals surface area contributed by atoms with Crippen LogP contribution in [0.4, 0.5) is 0 Å². The Morgan fingerprint density at radius 2 is 2.07 bits per heavy atom. The summed E-state index contributed by atoms with van der Waals surface area (Å²) in [5, 5.41) is 4.11. The third kappa shape index (κ3) is 4.30. The molecule has 1 saturated heterocycles. The number of amides is 1. The van der Waals surface area contributed by atoms with Gasteiger partial charge in [-0.25, -0.2) is 9.97 Å². The zero-order valence-corrected chi connectivity index (χ0v) is 17.1. The van der Waals surface area contributed by atoms with E-state index in [1.54, 1.807) is 18.6 Å². The van der Waals surface area contributed by atoms with E-state index in [0.29, 0.717) is 18.0 Å². The lowest BCUT2D eigenvalue weighted by Gasteiger charge is -2.35. The number of rotatable bonds is 3. The van der Waals surface area contributed by atoms with Gasteiger partial charge in [0, 0.05) is 45.3 Å². The molecule has 0 saturated carbocycles. The first-order valence-electron chi connectivity index (χ1n) is 8.10. The van der Waals surface area contributed by atoms with Crippen molar-refractivity contribution in [1.29, 1.82) is 0 Å². The van der Waals surface area contributed by atoms with Crippen molar-refractivity contribution in [3.05, 3.63) is 53.7 Å². The van der Waals surface area contributed by atoms with Gasteiger partial charge >= 0.3 is 0 Å². The Hall–Kier alpha value is -2.00. The summed E-state index contributed by atoms with van der Waals surface area (Å²) < 4.78 is 1.96.